The van der Waals surface area contributed by atoms with Gasteiger partial charge in [0, 0.05) is 26.4 Å². The Morgan fingerprint density at radius 3 is 2.43 bits per heavy atom. The number of carbonyl (C=O) groups is 3. The zero-order chi connectivity index (χ0) is 31.0. The zero-order valence-corrected chi connectivity index (χ0v) is 24.8. The van der Waals surface area contributed by atoms with Gasteiger partial charge in [-0.1, -0.05) is 44.2 Å². The number of likely N-dealkylation sites (N-methyl/N-ethyl adjacent to an activating group) is 1. The predicted molar refractivity (Wildman–Crippen MR) is 156 cm³/mol. The number of carbonyl (C=O) groups excluding carboxylic acids is 3. The molecule has 3 rings (SSSR count). The molecule has 42 heavy (non-hydrogen) atoms. The summed E-state index contributed by atoms with van der Waals surface area (Å²) in [5, 5.41) is 30.2. The van der Waals surface area contributed by atoms with Crippen molar-refractivity contribution in [2.75, 3.05) is 20.2 Å². The van der Waals surface area contributed by atoms with Gasteiger partial charge in [-0.2, -0.15) is 0 Å². The fourth-order valence-electron chi connectivity index (χ4n) is 5.06. The van der Waals surface area contributed by atoms with Gasteiger partial charge in [-0.05, 0) is 49.1 Å². The second-order valence-corrected chi connectivity index (χ2v) is 11.2. The van der Waals surface area contributed by atoms with E-state index in [4.69, 9.17) is 4.74 Å². The Morgan fingerprint density at radius 1 is 1.05 bits per heavy atom. The van der Waals surface area contributed by atoms with E-state index in [1.165, 1.54) is 37.1 Å². The maximum absolute atomic E-state index is 14.0. The van der Waals surface area contributed by atoms with Gasteiger partial charge >= 0.3 is 0 Å². The molecule has 1 aliphatic rings. The highest BCUT2D eigenvalue weighted by Crippen LogP contribution is 2.21. The van der Waals surface area contributed by atoms with Crippen molar-refractivity contribution in [3.63, 3.8) is 0 Å². The molecular weight excluding hydrogens is 543 g/mol. The summed E-state index contributed by atoms with van der Waals surface area (Å²) in [5.74, 6) is -1.83. The van der Waals surface area contributed by atoms with Crippen LogP contribution in [-0.4, -0.2) is 89.4 Å². The van der Waals surface area contributed by atoms with Crippen molar-refractivity contribution >= 4 is 17.7 Å². The molecule has 0 saturated carbocycles. The SMILES string of the molecule is CC(C)[C@@H]1NCCOc2ccccc2C[C@H](O)[C@@H](C)NC(=O)[C@@H](Cc2cccc(F)c2)NC(=O)[C@H](C(C)O)N(C)C1=O. The molecule has 0 aliphatic carbocycles. The van der Waals surface area contributed by atoms with Crippen molar-refractivity contribution in [2.24, 2.45) is 5.92 Å². The topological polar surface area (TPSA) is 140 Å². The number of amides is 3. The van der Waals surface area contributed by atoms with Gasteiger partial charge in [0.25, 0.3) is 0 Å². The molecule has 0 spiro atoms. The van der Waals surface area contributed by atoms with Gasteiger partial charge in [0.15, 0.2) is 0 Å². The fraction of sp³-hybridized carbons (Fsp3) is 0.516. The summed E-state index contributed by atoms with van der Waals surface area (Å²) >= 11 is 0. The smallest absolute Gasteiger partial charge is 0.246 e. The molecule has 0 fully saturated rings. The van der Waals surface area contributed by atoms with Crippen molar-refractivity contribution in [3.05, 3.63) is 65.5 Å². The third kappa shape index (κ3) is 8.73. The average molecular weight is 587 g/mol. The Hall–Kier alpha value is -3.54. The van der Waals surface area contributed by atoms with E-state index in [1.54, 1.807) is 19.1 Å². The summed E-state index contributed by atoms with van der Waals surface area (Å²) < 4.78 is 19.9. The molecule has 0 aromatic heterocycles. The molecule has 2 aromatic carbocycles. The Balaban J connectivity index is 1.99. The van der Waals surface area contributed by atoms with E-state index in [9.17, 15) is 29.0 Å². The number of rotatable bonds is 4. The molecule has 3 amide bonds. The van der Waals surface area contributed by atoms with Crippen molar-refractivity contribution in [1.29, 1.82) is 0 Å². The minimum atomic E-state index is -1.31. The van der Waals surface area contributed by atoms with Crippen LogP contribution in [0.25, 0.3) is 0 Å². The van der Waals surface area contributed by atoms with Crippen LogP contribution in [0.3, 0.4) is 0 Å². The van der Waals surface area contributed by atoms with Gasteiger partial charge in [-0.25, -0.2) is 4.39 Å². The van der Waals surface area contributed by atoms with Gasteiger partial charge < -0.3 is 35.8 Å². The number of nitrogens with one attached hydrogen (secondary N) is 3. The van der Waals surface area contributed by atoms with E-state index < -0.39 is 59.9 Å². The Morgan fingerprint density at radius 2 is 1.76 bits per heavy atom. The Labute approximate surface area is 246 Å². The largest absolute Gasteiger partial charge is 0.492 e. The van der Waals surface area contributed by atoms with Crippen LogP contribution >= 0.6 is 0 Å². The predicted octanol–water partition coefficient (Wildman–Crippen LogP) is 1.18. The summed E-state index contributed by atoms with van der Waals surface area (Å²) in [7, 11) is 1.43. The second kappa shape index (κ2) is 15.1. The van der Waals surface area contributed by atoms with Gasteiger partial charge in [0.2, 0.25) is 17.7 Å². The lowest BCUT2D eigenvalue weighted by molar-refractivity contribution is -0.146. The third-order valence-corrected chi connectivity index (χ3v) is 7.46. The molecule has 5 N–H and O–H groups in total. The highest BCUT2D eigenvalue weighted by atomic mass is 19.1. The number of halogens is 1. The maximum Gasteiger partial charge on any atom is 0.246 e. The van der Waals surface area contributed by atoms with Crippen LogP contribution in [0.5, 0.6) is 5.75 Å². The molecule has 0 bridgehead atoms. The van der Waals surface area contributed by atoms with E-state index in [0.717, 1.165) is 5.56 Å². The number of benzene rings is 2. The molecule has 230 valence electrons. The van der Waals surface area contributed by atoms with Crippen LogP contribution in [0, 0.1) is 11.7 Å². The average Bonchev–Trinajstić information content (AvgIpc) is 2.92. The quantitative estimate of drug-likeness (QED) is 0.363. The molecule has 1 unspecified atom stereocenters. The summed E-state index contributed by atoms with van der Waals surface area (Å²) in [6.45, 7) is 7.33. The van der Waals surface area contributed by atoms with Crippen LogP contribution in [0.2, 0.25) is 0 Å². The summed E-state index contributed by atoms with van der Waals surface area (Å²) in [4.78, 5) is 41.8. The maximum atomic E-state index is 14.0. The number of fused-ring (bicyclic) bond motifs is 1. The molecular formula is C31H43FN4O6. The van der Waals surface area contributed by atoms with Gasteiger partial charge in [0.1, 0.15) is 30.3 Å². The first-order valence-electron chi connectivity index (χ1n) is 14.3. The lowest BCUT2D eigenvalue weighted by atomic mass is 9.99. The molecule has 2 aromatic rings. The van der Waals surface area contributed by atoms with Crippen molar-refractivity contribution < 1.29 is 33.7 Å². The molecule has 1 aliphatic heterocycles. The van der Waals surface area contributed by atoms with E-state index >= 15 is 0 Å². The first kappa shape index (κ1) is 33.0. The van der Waals surface area contributed by atoms with Crippen LogP contribution < -0.4 is 20.7 Å². The van der Waals surface area contributed by atoms with Crippen molar-refractivity contribution in [1.82, 2.24) is 20.9 Å². The number of aliphatic hydroxyl groups is 2. The highest BCUT2D eigenvalue weighted by molar-refractivity contribution is 5.93. The summed E-state index contributed by atoms with van der Waals surface area (Å²) in [6.07, 6.45) is -2.13. The molecule has 10 nitrogen and oxygen atoms in total. The van der Waals surface area contributed by atoms with Crippen LogP contribution in [0.15, 0.2) is 48.5 Å². The van der Waals surface area contributed by atoms with Crippen LogP contribution in [-0.2, 0) is 27.2 Å². The van der Waals surface area contributed by atoms with E-state index in [1.807, 2.05) is 32.0 Å². The van der Waals surface area contributed by atoms with Gasteiger partial charge in [0.05, 0.1) is 24.3 Å². The zero-order valence-electron chi connectivity index (χ0n) is 24.8. The van der Waals surface area contributed by atoms with Crippen molar-refractivity contribution in [3.8, 4) is 5.75 Å². The van der Waals surface area contributed by atoms with Crippen LogP contribution in [0.4, 0.5) is 4.39 Å². The second-order valence-electron chi connectivity index (χ2n) is 11.2. The molecule has 1 heterocycles. The Bertz CT molecular complexity index is 1230. The molecule has 0 saturated heterocycles. The van der Waals surface area contributed by atoms with E-state index in [0.29, 0.717) is 17.9 Å². The minimum absolute atomic E-state index is 0.0603. The lowest BCUT2D eigenvalue weighted by Gasteiger charge is -2.34. The van der Waals surface area contributed by atoms with E-state index in [-0.39, 0.29) is 25.4 Å². The minimum Gasteiger partial charge on any atom is -0.492 e. The van der Waals surface area contributed by atoms with E-state index in [2.05, 4.69) is 16.0 Å². The molecule has 11 heteroatoms. The number of aliphatic hydroxyl groups excluding tert-OH is 2. The molecule has 6 atom stereocenters. The molecule has 0 radical (unpaired) electrons. The number of hydrogen-bond donors (Lipinski definition) is 5. The van der Waals surface area contributed by atoms with Crippen molar-refractivity contribution in [2.45, 2.75) is 76.9 Å². The monoisotopic (exact) mass is 586 g/mol. The van der Waals surface area contributed by atoms with Crippen LogP contribution in [0.1, 0.15) is 38.8 Å². The fourth-order valence-corrected chi connectivity index (χ4v) is 5.06. The standard InChI is InChI=1S/C31H43FN4O6/c1-18(2)27-31(41)36(5)28(20(4)37)30(40)35-24(16-21-9-8-11-23(32)15-21)29(39)34-19(3)25(38)17-22-10-6-7-12-26(22)42-14-13-33-27/h6-12,15,18-20,24-25,27-28,33,37-38H,13-14,16-17H2,1-5H3,(H,34,39)(H,35,40)/t19-,20?,24-,25+,27+,28+/m1/s1. The number of ether oxygens (including phenoxy) is 1. The first-order valence-corrected chi connectivity index (χ1v) is 14.3. The summed E-state index contributed by atoms with van der Waals surface area (Å²) in [5.41, 5.74) is 1.20. The number of nitrogens with zero attached hydrogens (tertiary/aromatic N) is 1. The number of para-hydroxylation sites is 1. The Kier molecular flexibility index (Phi) is 11.8. The third-order valence-electron chi connectivity index (χ3n) is 7.46. The summed E-state index contributed by atoms with van der Waals surface area (Å²) in [6, 6.07) is 9.04. The first-order chi connectivity index (χ1) is 19.9. The van der Waals surface area contributed by atoms with Gasteiger partial charge in [-0.3, -0.25) is 14.4 Å². The normalized spacial score (nSPS) is 25.9. The van der Waals surface area contributed by atoms with Gasteiger partial charge in [-0.15, -0.1) is 0 Å². The highest BCUT2D eigenvalue weighted by Gasteiger charge is 2.37. The number of hydrogen-bond acceptors (Lipinski definition) is 7. The lowest BCUT2D eigenvalue weighted by Crippen LogP contribution is -2.61.